The van der Waals surface area contributed by atoms with E-state index in [9.17, 15) is 17.4 Å². The topological polar surface area (TPSA) is 53.9 Å². The summed E-state index contributed by atoms with van der Waals surface area (Å²) < 4.78 is 62.6. The van der Waals surface area contributed by atoms with E-state index in [4.69, 9.17) is 11.6 Å². The first-order chi connectivity index (χ1) is 17.7. The molecular formula is C27H29ClF3N3O2S. The van der Waals surface area contributed by atoms with Crippen molar-refractivity contribution in [3.8, 4) is 5.75 Å². The Morgan fingerprint density at radius 2 is 1.73 bits per heavy atom. The van der Waals surface area contributed by atoms with Crippen molar-refractivity contribution in [2.75, 3.05) is 24.5 Å². The molecule has 37 heavy (non-hydrogen) atoms. The summed E-state index contributed by atoms with van der Waals surface area (Å²) in [5.41, 5.74) is 4.66. The summed E-state index contributed by atoms with van der Waals surface area (Å²) >= 11 is 6.35. The molecule has 0 bridgehead atoms. The molecule has 198 valence electrons. The van der Waals surface area contributed by atoms with Crippen molar-refractivity contribution in [3.63, 3.8) is 0 Å². The summed E-state index contributed by atoms with van der Waals surface area (Å²) in [5.74, 6) is -0.370. The van der Waals surface area contributed by atoms with Crippen molar-refractivity contribution in [2.24, 2.45) is 4.36 Å². The maximum atomic E-state index is 13.7. The fourth-order valence-corrected chi connectivity index (χ4v) is 6.26. The lowest BCUT2D eigenvalue weighted by Gasteiger charge is -2.27. The molecule has 3 aromatic rings. The number of ether oxygens (including phenoxy) is 1. The Labute approximate surface area is 220 Å². The summed E-state index contributed by atoms with van der Waals surface area (Å²) in [6, 6.07) is 19.3. The van der Waals surface area contributed by atoms with Gasteiger partial charge in [-0.2, -0.15) is 0 Å². The zero-order valence-electron chi connectivity index (χ0n) is 20.4. The molecule has 1 unspecified atom stereocenters. The average molecular weight is 552 g/mol. The second kappa shape index (κ2) is 11.8. The number of para-hydroxylation sites is 1. The van der Waals surface area contributed by atoms with Gasteiger partial charge in [0.1, 0.15) is 15.7 Å². The number of hydrogen-bond acceptors (Lipinski definition) is 4. The van der Waals surface area contributed by atoms with Crippen LogP contribution in [0, 0.1) is 0 Å². The number of nitrogens with one attached hydrogen (secondary N) is 1. The van der Waals surface area contributed by atoms with Gasteiger partial charge in [-0.1, -0.05) is 42.8 Å². The van der Waals surface area contributed by atoms with Crippen LogP contribution in [0.1, 0.15) is 30.9 Å². The molecule has 5 nitrogen and oxygen atoms in total. The third kappa shape index (κ3) is 6.97. The molecule has 0 spiro atoms. The van der Waals surface area contributed by atoms with E-state index in [1.165, 1.54) is 23.3 Å². The molecule has 0 aliphatic carbocycles. The normalized spacial score (nSPS) is 14.8. The Bertz CT molecular complexity index is 1340. The van der Waals surface area contributed by atoms with Gasteiger partial charge >= 0.3 is 6.36 Å². The highest BCUT2D eigenvalue weighted by atomic mass is 35.5. The van der Waals surface area contributed by atoms with Gasteiger partial charge < -0.3 is 9.64 Å². The number of fused-ring (bicyclic) bond motifs is 2. The van der Waals surface area contributed by atoms with E-state index in [2.05, 4.69) is 36.9 Å². The predicted octanol–water partition coefficient (Wildman–Crippen LogP) is 7.31. The minimum Gasteiger partial charge on any atom is -0.406 e. The molecular weight excluding hydrogens is 523 g/mol. The fraction of sp³-hybridized carbons (Fsp3) is 0.333. The summed E-state index contributed by atoms with van der Waals surface area (Å²) in [6.07, 6.45) is -1.61. The van der Waals surface area contributed by atoms with Gasteiger partial charge in [-0.15, -0.1) is 13.2 Å². The number of alkyl halides is 3. The monoisotopic (exact) mass is 551 g/mol. The van der Waals surface area contributed by atoms with Crippen LogP contribution < -0.4 is 14.4 Å². The van der Waals surface area contributed by atoms with E-state index in [1.54, 1.807) is 0 Å². The molecule has 1 aliphatic heterocycles. The maximum Gasteiger partial charge on any atom is 0.573 e. The van der Waals surface area contributed by atoms with E-state index in [0.717, 1.165) is 36.3 Å². The van der Waals surface area contributed by atoms with Gasteiger partial charge in [0.05, 0.1) is 4.90 Å². The van der Waals surface area contributed by atoms with Crippen molar-refractivity contribution in [1.82, 2.24) is 4.72 Å². The van der Waals surface area contributed by atoms with Crippen molar-refractivity contribution < 1.29 is 22.1 Å². The summed E-state index contributed by atoms with van der Waals surface area (Å²) in [4.78, 5) is 2.56. The molecule has 1 heterocycles. The van der Waals surface area contributed by atoms with Gasteiger partial charge in [0.2, 0.25) is 0 Å². The predicted molar refractivity (Wildman–Crippen MR) is 142 cm³/mol. The van der Waals surface area contributed by atoms with Crippen LogP contribution >= 0.6 is 11.6 Å². The zero-order chi connectivity index (χ0) is 26.5. The van der Waals surface area contributed by atoms with Crippen LogP contribution in [-0.2, 0) is 22.8 Å². The van der Waals surface area contributed by atoms with Crippen LogP contribution in [0.3, 0.4) is 0 Å². The third-order valence-electron chi connectivity index (χ3n) is 6.01. The Kier molecular flexibility index (Phi) is 8.67. The largest absolute Gasteiger partial charge is 0.573 e. The second-order valence-electron chi connectivity index (χ2n) is 8.70. The molecule has 3 aromatic carbocycles. The van der Waals surface area contributed by atoms with Crippen LogP contribution in [0.2, 0.25) is 5.02 Å². The van der Waals surface area contributed by atoms with Gasteiger partial charge in [-0.25, -0.2) is 13.3 Å². The maximum absolute atomic E-state index is 13.7. The Hall–Kier alpha value is -2.75. The molecule has 1 atom stereocenters. The molecule has 0 saturated heterocycles. The van der Waals surface area contributed by atoms with E-state index in [1.807, 2.05) is 31.2 Å². The molecule has 0 aromatic heterocycles. The molecule has 0 fully saturated rings. The number of benzene rings is 3. The molecule has 4 rings (SSSR count). The highest BCUT2D eigenvalue weighted by Crippen LogP contribution is 2.37. The smallest absolute Gasteiger partial charge is 0.406 e. The van der Waals surface area contributed by atoms with Gasteiger partial charge in [0.25, 0.3) is 0 Å². The van der Waals surface area contributed by atoms with Gasteiger partial charge in [0.15, 0.2) is 0 Å². The van der Waals surface area contributed by atoms with E-state index >= 15 is 0 Å². The Morgan fingerprint density at radius 3 is 2.43 bits per heavy atom. The van der Waals surface area contributed by atoms with Crippen LogP contribution in [-0.4, -0.2) is 30.2 Å². The number of halogens is 4. The Morgan fingerprint density at radius 1 is 1.03 bits per heavy atom. The third-order valence-corrected chi connectivity index (χ3v) is 8.30. The van der Waals surface area contributed by atoms with Crippen LogP contribution in [0.5, 0.6) is 5.75 Å². The van der Waals surface area contributed by atoms with E-state index in [0.29, 0.717) is 42.4 Å². The second-order valence-corrected chi connectivity index (χ2v) is 11.2. The highest BCUT2D eigenvalue weighted by Gasteiger charge is 2.31. The average Bonchev–Trinajstić information content (AvgIpc) is 3.01. The summed E-state index contributed by atoms with van der Waals surface area (Å²) in [5, 5.41) is 0.667. The number of anilines is 2. The molecule has 1 N–H and O–H groups in total. The number of nitrogens with zero attached hydrogens (tertiary/aromatic N) is 2. The van der Waals surface area contributed by atoms with E-state index < -0.39 is 16.3 Å². The van der Waals surface area contributed by atoms with E-state index in [-0.39, 0.29) is 5.75 Å². The van der Waals surface area contributed by atoms with Crippen molar-refractivity contribution >= 4 is 32.9 Å². The summed E-state index contributed by atoms with van der Waals surface area (Å²) in [6.45, 7) is 3.32. The fourth-order valence-electron chi connectivity index (χ4n) is 4.32. The first-order valence-corrected chi connectivity index (χ1v) is 14.0. The molecule has 1 aliphatic rings. The number of hydrogen-bond donors (Lipinski definition) is 1. The first-order valence-electron chi connectivity index (χ1n) is 12.2. The zero-order valence-corrected chi connectivity index (χ0v) is 22.0. The van der Waals surface area contributed by atoms with Crippen LogP contribution in [0.4, 0.5) is 24.5 Å². The van der Waals surface area contributed by atoms with Crippen molar-refractivity contribution in [1.29, 1.82) is 0 Å². The van der Waals surface area contributed by atoms with Gasteiger partial charge in [-0.3, -0.25) is 0 Å². The SMILES string of the molecule is CCCN=S(=O)(NCCCN1c2ccccc2CCc2ccc(Cl)cc21)c1ccc(OC(F)(F)F)cc1. The quantitative estimate of drug-likeness (QED) is 0.284. The van der Waals surface area contributed by atoms with Gasteiger partial charge in [-0.05, 0) is 79.3 Å². The summed E-state index contributed by atoms with van der Waals surface area (Å²) in [7, 11) is -3.03. The molecule has 0 saturated carbocycles. The first kappa shape index (κ1) is 27.3. The minimum atomic E-state index is -4.79. The van der Waals surface area contributed by atoms with Crippen molar-refractivity contribution in [2.45, 2.75) is 43.9 Å². The molecule has 0 amide bonds. The lowest BCUT2D eigenvalue weighted by molar-refractivity contribution is -0.274. The Balaban J connectivity index is 1.51. The lowest BCUT2D eigenvalue weighted by Crippen LogP contribution is -2.28. The number of rotatable bonds is 9. The van der Waals surface area contributed by atoms with Crippen molar-refractivity contribution in [3.05, 3.63) is 82.9 Å². The number of aryl methyl sites for hydroxylation is 2. The lowest BCUT2D eigenvalue weighted by atomic mass is 10.0. The van der Waals surface area contributed by atoms with Crippen LogP contribution in [0.15, 0.2) is 76.0 Å². The van der Waals surface area contributed by atoms with Gasteiger partial charge in [0, 0.05) is 36.0 Å². The molecule has 0 radical (unpaired) electrons. The van der Waals surface area contributed by atoms with Crippen LogP contribution in [0.25, 0.3) is 0 Å². The standard InChI is InChI=1S/C27H29ClF3N3O2S/c1-2-16-32-37(35,24-14-12-23(13-15-24)36-27(29,30)31)33-17-5-18-34-25-7-4-3-6-20(25)8-9-21-10-11-22(28)19-26(21)34/h3-4,6-7,10-15,19H,2,5,8-9,16-18H2,1H3,(H,32,33,35). The molecule has 10 heteroatoms. The highest BCUT2D eigenvalue weighted by molar-refractivity contribution is 7.91. The minimum absolute atomic E-state index is 0.313.